The van der Waals surface area contributed by atoms with Crippen LogP contribution in [0.1, 0.15) is 18.1 Å². The van der Waals surface area contributed by atoms with E-state index in [1.165, 1.54) is 6.92 Å². The van der Waals surface area contributed by atoms with Crippen LogP contribution in [0, 0.1) is 11.3 Å². The van der Waals surface area contributed by atoms with E-state index in [0.717, 1.165) is 4.90 Å². The summed E-state index contributed by atoms with van der Waals surface area (Å²) in [4.78, 5) is 31.7. The normalized spacial score (nSPS) is 19.3. The van der Waals surface area contributed by atoms with Crippen molar-refractivity contribution in [3.63, 3.8) is 0 Å². The molecule has 0 unspecified atom stereocenters. The molecule has 2 aliphatic rings. The highest BCUT2D eigenvalue weighted by Gasteiger charge is 2.62. The van der Waals surface area contributed by atoms with Crippen molar-refractivity contribution in [2.24, 2.45) is 5.73 Å². The average molecular weight is 398 g/mol. The van der Waals surface area contributed by atoms with Crippen molar-refractivity contribution in [3.8, 4) is 23.3 Å². The number of imide groups is 1. The molecule has 2 amide bonds. The molecule has 0 saturated carbocycles. The largest absolute Gasteiger partial charge is 0.420 e. The second-order valence-electron chi connectivity index (χ2n) is 6.87. The Labute approximate surface area is 170 Å². The maximum Gasteiger partial charge on any atom is 0.254 e. The van der Waals surface area contributed by atoms with Crippen molar-refractivity contribution in [3.05, 3.63) is 71.2 Å². The third-order valence-electron chi connectivity index (χ3n) is 5.36. The Morgan fingerprint density at radius 2 is 2.03 bits per heavy atom. The molecule has 5 rings (SSSR count). The van der Waals surface area contributed by atoms with E-state index in [0.29, 0.717) is 28.2 Å². The molecule has 9 heteroatoms. The van der Waals surface area contributed by atoms with E-state index in [2.05, 4.69) is 15.2 Å². The van der Waals surface area contributed by atoms with Gasteiger partial charge in [-0.15, -0.1) is 5.10 Å². The number of hydrogen-bond donors (Lipinski definition) is 2. The van der Waals surface area contributed by atoms with Crippen LogP contribution in [-0.4, -0.2) is 27.0 Å². The Balaban J connectivity index is 1.94. The van der Waals surface area contributed by atoms with Gasteiger partial charge in [-0.1, -0.05) is 24.3 Å². The number of ether oxygens (including phenoxy) is 1. The number of fused-ring (bicyclic) bond motifs is 4. The number of carbonyl (C=O) groups is 2. The van der Waals surface area contributed by atoms with Crippen molar-refractivity contribution in [1.82, 2.24) is 15.2 Å². The molecule has 1 aromatic carbocycles. The smallest absolute Gasteiger partial charge is 0.254 e. The molecule has 0 fully saturated rings. The lowest BCUT2D eigenvalue weighted by molar-refractivity contribution is -0.126. The van der Waals surface area contributed by atoms with Crippen LogP contribution in [0.3, 0.4) is 0 Å². The number of aromatic amines is 1. The summed E-state index contributed by atoms with van der Waals surface area (Å²) in [6.45, 7) is 1.29. The molecule has 0 bridgehead atoms. The fourth-order valence-corrected chi connectivity index (χ4v) is 4.22. The van der Waals surface area contributed by atoms with E-state index < -0.39 is 17.2 Å². The second kappa shape index (κ2) is 6.02. The molecule has 1 atom stereocenters. The van der Waals surface area contributed by atoms with Crippen LogP contribution in [0.5, 0.6) is 5.88 Å². The molecule has 30 heavy (non-hydrogen) atoms. The Kier molecular flexibility index (Phi) is 3.54. The maximum absolute atomic E-state index is 13.9. The van der Waals surface area contributed by atoms with Crippen molar-refractivity contribution in [2.75, 3.05) is 4.90 Å². The Bertz CT molecular complexity index is 1300. The summed E-state index contributed by atoms with van der Waals surface area (Å²) >= 11 is 0. The van der Waals surface area contributed by atoms with Gasteiger partial charge in [0.25, 0.3) is 5.91 Å². The minimum atomic E-state index is -1.69. The van der Waals surface area contributed by atoms with Gasteiger partial charge in [0.05, 0.1) is 22.6 Å². The number of nitrogens with one attached hydrogen (secondary N) is 1. The van der Waals surface area contributed by atoms with Crippen LogP contribution >= 0.6 is 0 Å². The SMILES string of the molecule is CC(=O)N1C(=O)[C@@]2(C(C#N)=C(N)Oc3n[nH]c(-c4ccccn4)c32)c2ccccc21. The number of nitriles is 1. The van der Waals surface area contributed by atoms with Gasteiger partial charge in [0, 0.05) is 18.7 Å². The zero-order chi connectivity index (χ0) is 21.0. The van der Waals surface area contributed by atoms with Gasteiger partial charge >= 0.3 is 0 Å². The molecule has 3 N–H and O–H groups in total. The number of pyridine rings is 1. The van der Waals surface area contributed by atoms with E-state index in [4.69, 9.17) is 10.5 Å². The van der Waals surface area contributed by atoms with Gasteiger partial charge < -0.3 is 10.5 Å². The zero-order valence-corrected chi connectivity index (χ0v) is 15.7. The number of nitrogens with two attached hydrogens (primary N) is 1. The van der Waals surface area contributed by atoms with Crippen LogP contribution < -0.4 is 15.4 Å². The third kappa shape index (κ3) is 1.99. The molecule has 4 heterocycles. The van der Waals surface area contributed by atoms with Gasteiger partial charge in [-0.25, -0.2) is 4.90 Å². The molecule has 2 aromatic heterocycles. The quantitative estimate of drug-likeness (QED) is 0.636. The van der Waals surface area contributed by atoms with E-state index in [1.54, 1.807) is 48.7 Å². The highest BCUT2D eigenvalue weighted by Crippen LogP contribution is 2.56. The molecule has 0 aliphatic carbocycles. The fraction of sp³-hybridized carbons (Fsp3) is 0.0952. The molecule has 0 radical (unpaired) electrons. The summed E-state index contributed by atoms with van der Waals surface area (Å²) in [5.41, 5.74) is 6.31. The number of hydrogen-bond acceptors (Lipinski definition) is 7. The first kappa shape index (κ1) is 17.6. The summed E-state index contributed by atoms with van der Waals surface area (Å²) in [5.74, 6) is -1.27. The highest BCUT2D eigenvalue weighted by molar-refractivity contribution is 6.26. The number of benzene rings is 1. The van der Waals surface area contributed by atoms with Gasteiger partial charge in [-0.3, -0.25) is 19.7 Å². The number of amides is 2. The minimum Gasteiger partial charge on any atom is -0.420 e. The average Bonchev–Trinajstić information content (AvgIpc) is 3.27. The van der Waals surface area contributed by atoms with Gasteiger partial charge in [0.15, 0.2) is 0 Å². The van der Waals surface area contributed by atoms with Crippen LogP contribution in [0.25, 0.3) is 11.4 Å². The fourth-order valence-electron chi connectivity index (χ4n) is 4.22. The molecular weight excluding hydrogens is 384 g/mol. The molecule has 9 nitrogen and oxygen atoms in total. The summed E-state index contributed by atoms with van der Waals surface area (Å²) in [6.07, 6.45) is 1.60. The van der Waals surface area contributed by atoms with Gasteiger partial charge in [0.2, 0.25) is 17.7 Å². The van der Waals surface area contributed by atoms with E-state index >= 15 is 0 Å². The Morgan fingerprint density at radius 3 is 2.73 bits per heavy atom. The number of anilines is 1. The predicted molar refractivity (Wildman–Crippen MR) is 105 cm³/mol. The summed E-state index contributed by atoms with van der Waals surface area (Å²) in [5, 5.41) is 17.1. The number of rotatable bonds is 1. The number of H-pyrrole nitrogens is 1. The number of para-hydroxylation sites is 1. The van der Waals surface area contributed by atoms with Crippen molar-refractivity contribution >= 4 is 17.5 Å². The first-order valence-corrected chi connectivity index (χ1v) is 9.04. The van der Waals surface area contributed by atoms with Crippen molar-refractivity contribution in [2.45, 2.75) is 12.3 Å². The van der Waals surface area contributed by atoms with Crippen LogP contribution in [0.4, 0.5) is 5.69 Å². The van der Waals surface area contributed by atoms with Gasteiger partial charge in [-0.2, -0.15) is 5.26 Å². The molecule has 3 aromatic rings. The van der Waals surface area contributed by atoms with E-state index in [1.807, 2.05) is 6.07 Å². The molecule has 2 aliphatic heterocycles. The lowest BCUT2D eigenvalue weighted by Crippen LogP contribution is -2.47. The van der Waals surface area contributed by atoms with Crippen molar-refractivity contribution < 1.29 is 14.3 Å². The van der Waals surface area contributed by atoms with Crippen LogP contribution in [-0.2, 0) is 15.0 Å². The number of nitrogens with zero attached hydrogens (tertiary/aromatic N) is 4. The van der Waals surface area contributed by atoms with Gasteiger partial charge in [0.1, 0.15) is 17.1 Å². The third-order valence-corrected chi connectivity index (χ3v) is 5.36. The maximum atomic E-state index is 13.9. The lowest BCUT2D eigenvalue weighted by atomic mass is 9.68. The Hall–Kier alpha value is -4.45. The second-order valence-corrected chi connectivity index (χ2v) is 6.87. The standard InChI is InChI=1S/C21H14N6O3/c1-11(28)27-15-8-3-2-6-12(15)21(20(27)29)13(10-22)18(23)30-19-16(21)17(25-26-19)14-7-4-5-9-24-14/h2-9H,23H2,1H3,(H,25,26)/t21-/m1/s1. The molecule has 0 saturated heterocycles. The monoisotopic (exact) mass is 398 g/mol. The number of aromatic nitrogens is 3. The highest BCUT2D eigenvalue weighted by atomic mass is 16.5. The van der Waals surface area contributed by atoms with E-state index in [-0.39, 0.29) is 17.3 Å². The minimum absolute atomic E-state index is 0.0562. The van der Waals surface area contributed by atoms with Gasteiger partial charge in [-0.05, 0) is 18.2 Å². The predicted octanol–water partition coefficient (Wildman–Crippen LogP) is 1.74. The summed E-state index contributed by atoms with van der Waals surface area (Å²) in [7, 11) is 0. The zero-order valence-electron chi connectivity index (χ0n) is 15.7. The topological polar surface area (TPSA) is 138 Å². The van der Waals surface area contributed by atoms with Crippen molar-refractivity contribution in [1.29, 1.82) is 5.26 Å². The molecule has 146 valence electrons. The summed E-state index contributed by atoms with van der Waals surface area (Å²) in [6, 6.07) is 14.1. The molecular formula is C21H14N6O3. The Morgan fingerprint density at radius 1 is 1.27 bits per heavy atom. The van der Waals surface area contributed by atoms with Crippen LogP contribution in [0.15, 0.2) is 60.1 Å². The summed E-state index contributed by atoms with van der Waals surface area (Å²) < 4.78 is 5.59. The first-order chi connectivity index (χ1) is 14.5. The number of carbonyl (C=O) groups excluding carboxylic acids is 2. The van der Waals surface area contributed by atoms with E-state index in [9.17, 15) is 14.9 Å². The first-order valence-electron chi connectivity index (χ1n) is 9.04. The lowest BCUT2D eigenvalue weighted by Gasteiger charge is -2.32. The molecule has 1 spiro atoms. The van der Waals surface area contributed by atoms with Crippen LogP contribution in [0.2, 0.25) is 0 Å².